The molecular weight excluding hydrogens is 442 g/mol. The van der Waals surface area contributed by atoms with E-state index in [-0.39, 0.29) is 28.3 Å². The van der Waals surface area contributed by atoms with E-state index in [1.165, 1.54) is 32.9 Å². The molecule has 1 aromatic rings. The number of benzene rings is 1. The Morgan fingerprint density at radius 3 is 2.32 bits per heavy atom. The molecular formula is C20H31N3O6S2. The van der Waals surface area contributed by atoms with Crippen LogP contribution in [0.5, 0.6) is 0 Å². The molecule has 2 aliphatic rings. The van der Waals surface area contributed by atoms with Crippen molar-refractivity contribution in [2.75, 3.05) is 39.4 Å². The summed E-state index contributed by atoms with van der Waals surface area (Å²) in [5, 5.41) is 2.95. The van der Waals surface area contributed by atoms with E-state index in [0.29, 0.717) is 45.7 Å². The van der Waals surface area contributed by atoms with Crippen molar-refractivity contribution in [3.05, 3.63) is 24.3 Å². The first-order chi connectivity index (χ1) is 14.7. The van der Waals surface area contributed by atoms with Gasteiger partial charge in [0.1, 0.15) is 0 Å². The van der Waals surface area contributed by atoms with Gasteiger partial charge in [0, 0.05) is 32.8 Å². The van der Waals surface area contributed by atoms with Gasteiger partial charge in [-0.3, -0.25) is 4.79 Å². The fraction of sp³-hybridized carbons (Fsp3) is 0.650. The van der Waals surface area contributed by atoms with Gasteiger partial charge in [0.15, 0.2) is 0 Å². The number of amides is 1. The van der Waals surface area contributed by atoms with Gasteiger partial charge in [-0.15, -0.1) is 0 Å². The third kappa shape index (κ3) is 5.28. The zero-order valence-corrected chi connectivity index (χ0v) is 19.6. The molecule has 2 heterocycles. The Labute approximate surface area is 184 Å². The van der Waals surface area contributed by atoms with Crippen molar-refractivity contribution >= 4 is 26.0 Å². The van der Waals surface area contributed by atoms with Crippen LogP contribution in [0.15, 0.2) is 34.1 Å². The van der Waals surface area contributed by atoms with Gasteiger partial charge in [0.05, 0.1) is 28.4 Å². The number of sulfonamides is 2. The summed E-state index contributed by atoms with van der Waals surface area (Å²) in [5.41, 5.74) is 0. The number of carbonyl (C=O) groups is 1. The third-order valence-corrected chi connectivity index (χ3v) is 9.78. The van der Waals surface area contributed by atoms with Gasteiger partial charge in [-0.25, -0.2) is 16.8 Å². The number of hydrogen-bond donors (Lipinski definition) is 1. The van der Waals surface area contributed by atoms with Crippen LogP contribution in [0.1, 0.15) is 33.1 Å². The van der Waals surface area contributed by atoms with Gasteiger partial charge >= 0.3 is 0 Å². The highest BCUT2D eigenvalue weighted by Gasteiger charge is 2.34. The molecule has 31 heavy (non-hydrogen) atoms. The van der Waals surface area contributed by atoms with E-state index in [9.17, 15) is 21.6 Å². The molecule has 0 aromatic heterocycles. The number of nitrogens with zero attached hydrogens (tertiary/aromatic N) is 2. The molecule has 0 bridgehead atoms. The van der Waals surface area contributed by atoms with Crippen LogP contribution in [-0.4, -0.2) is 76.8 Å². The zero-order chi connectivity index (χ0) is 22.6. The van der Waals surface area contributed by atoms with E-state index in [1.54, 1.807) is 13.8 Å². The molecule has 1 aromatic carbocycles. The van der Waals surface area contributed by atoms with Crippen LogP contribution in [-0.2, 0) is 29.6 Å². The number of carbonyl (C=O) groups excluding carboxylic acids is 1. The summed E-state index contributed by atoms with van der Waals surface area (Å²) in [6.07, 6.45) is 1.99. The maximum atomic E-state index is 13.1. The monoisotopic (exact) mass is 473 g/mol. The highest BCUT2D eigenvalue weighted by atomic mass is 32.2. The molecule has 1 amide bonds. The largest absolute Gasteiger partial charge is 0.379 e. The van der Waals surface area contributed by atoms with Gasteiger partial charge in [-0.05, 0) is 43.5 Å². The van der Waals surface area contributed by atoms with Crippen molar-refractivity contribution in [3.63, 3.8) is 0 Å². The number of ether oxygens (including phenoxy) is 1. The number of rotatable bonds is 8. The SMILES string of the molecule is CCN(CC)S(=O)(=O)c1ccc(S(=O)(=O)N2CCCC(C(=O)NC3CCOC3)C2)cc1. The number of hydrogen-bond acceptors (Lipinski definition) is 6. The minimum atomic E-state index is -3.83. The molecule has 2 saturated heterocycles. The van der Waals surface area contributed by atoms with E-state index in [1.807, 2.05) is 0 Å². The smallest absolute Gasteiger partial charge is 0.243 e. The van der Waals surface area contributed by atoms with Crippen molar-refractivity contribution in [2.45, 2.75) is 48.9 Å². The van der Waals surface area contributed by atoms with Crippen LogP contribution in [0, 0.1) is 5.92 Å². The second kappa shape index (κ2) is 9.95. The molecule has 9 nitrogen and oxygen atoms in total. The highest BCUT2D eigenvalue weighted by Crippen LogP contribution is 2.26. The maximum Gasteiger partial charge on any atom is 0.243 e. The van der Waals surface area contributed by atoms with Crippen molar-refractivity contribution in [1.29, 1.82) is 0 Å². The first kappa shape index (κ1) is 24.1. The molecule has 174 valence electrons. The van der Waals surface area contributed by atoms with Crippen LogP contribution in [0.3, 0.4) is 0 Å². The second-order valence-corrected chi connectivity index (χ2v) is 11.7. The van der Waals surface area contributed by atoms with Crippen LogP contribution in [0.2, 0.25) is 0 Å². The van der Waals surface area contributed by atoms with Crippen LogP contribution in [0.4, 0.5) is 0 Å². The quantitative estimate of drug-likeness (QED) is 0.603. The van der Waals surface area contributed by atoms with Crippen molar-refractivity contribution in [3.8, 4) is 0 Å². The van der Waals surface area contributed by atoms with Gasteiger partial charge in [-0.2, -0.15) is 8.61 Å². The average Bonchev–Trinajstić information content (AvgIpc) is 3.27. The summed E-state index contributed by atoms with van der Waals surface area (Å²) < 4.78 is 59.4. The van der Waals surface area contributed by atoms with Crippen LogP contribution >= 0.6 is 0 Å². The standard InChI is InChI=1S/C20H31N3O6S2/c1-3-22(4-2)30(25,26)18-7-9-19(10-8-18)31(27,28)23-12-5-6-16(14-23)20(24)21-17-11-13-29-15-17/h7-10,16-17H,3-6,11-15H2,1-2H3,(H,21,24). The zero-order valence-electron chi connectivity index (χ0n) is 18.0. The molecule has 0 saturated carbocycles. The predicted octanol–water partition coefficient (Wildman–Crippen LogP) is 1.02. The summed E-state index contributed by atoms with van der Waals surface area (Å²) in [4.78, 5) is 12.7. The Bertz CT molecular complexity index is 969. The lowest BCUT2D eigenvalue weighted by Gasteiger charge is -2.31. The third-order valence-electron chi connectivity index (χ3n) is 5.84. The topological polar surface area (TPSA) is 113 Å². The van der Waals surface area contributed by atoms with E-state index >= 15 is 0 Å². The Balaban J connectivity index is 1.72. The minimum absolute atomic E-state index is 0.0141. The summed E-state index contributed by atoms with van der Waals surface area (Å²) in [7, 11) is -7.49. The van der Waals surface area contributed by atoms with E-state index < -0.39 is 26.0 Å². The summed E-state index contributed by atoms with van der Waals surface area (Å²) >= 11 is 0. The first-order valence-electron chi connectivity index (χ1n) is 10.7. The normalized spacial score (nSPS) is 23.2. The van der Waals surface area contributed by atoms with E-state index in [2.05, 4.69) is 5.32 Å². The van der Waals surface area contributed by atoms with Gasteiger partial charge in [-0.1, -0.05) is 13.8 Å². The van der Waals surface area contributed by atoms with Crippen molar-refractivity contribution < 1.29 is 26.4 Å². The molecule has 1 N–H and O–H groups in total. The fourth-order valence-corrected chi connectivity index (χ4v) is 6.97. The minimum Gasteiger partial charge on any atom is -0.379 e. The number of nitrogens with one attached hydrogen (secondary N) is 1. The van der Waals surface area contributed by atoms with Crippen molar-refractivity contribution in [2.24, 2.45) is 5.92 Å². The van der Waals surface area contributed by atoms with Gasteiger partial charge in [0.25, 0.3) is 0 Å². The Morgan fingerprint density at radius 1 is 1.10 bits per heavy atom. The molecule has 0 spiro atoms. The average molecular weight is 474 g/mol. The highest BCUT2D eigenvalue weighted by molar-refractivity contribution is 7.89. The first-order valence-corrected chi connectivity index (χ1v) is 13.6. The molecule has 2 atom stereocenters. The van der Waals surface area contributed by atoms with Gasteiger partial charge in [0.2, 0.25) is 26.0 Å². The van der Waals surface area contributed by atoms with E-state index in [0.717, 1.165) is 6.42 Å². The van der Waals surface area contributed by atoms with Crippen LogP contribution in [0.25, 0.3) is 0 Å². The molecule has 3 rings (SSSR count). The molecule has 0 aliphatic carbocycles. The lowest BCUT2D eigenvalue weighted by molar-refractivity contribution is -0.126. The lowest BCUT2D eigenvalue weighted by atomic mass is 9.98. The molecule has 11 heteroatoms. The molecule has 2 aliphatic heterocycles. The summed E-state index contributed by atoms with van der Waals surface area (Å²) in [6, 6.07) is 5.29. The Kier molecular flexibility index (Phi) is 7.74. The Morgan fingerprint density at radius 2 is 1.74 bits per heavy atom. The molecule has 2 fully saturated rings. The van der Waals surface area contributed by atoms with E-state index in [4.69, 9.17) is 4.74 Å². The molecule has 0 radical (unpaired) electrons. The maximum absolute atomic E-state index is 13.1. The lowest BCUT2D eigenvalue weighted by Crippen LogP contribution is -2.47. The molecule has 2 unspecified atom stereocenters. The Hall–Kier alpha value is -1.53. The van der Waals surface area contributed by atoms with Crippen molar-refractivity contribution in [1.82, 2.24) is 13.9 Å². The summed E-state index contributed by atoms with van der Waals surface area (Å²) in [6.45, 7) is 5.73. The predicted molar refractivity (Wildman–Crippen MR) is 115 cm³/mol. The summed E-state index contributed by atoms with van der Waals surface area (Å²) in [5.74, 6) is -0.553. The van der Waals surface area contributed by atoms with Gasteiger partial charge < -0.3 is 10.1 Å². The second-order valence-electron chi connectivity index (χ2n) is 7.83. The number of piperidine rings is 1. The fourth-order valence-electron chi connectivity index (χ4n) is 3.99. The van der Waals surface area contributed by atoms with Crippen LogP contribution < -0.4 is 5.32 Å².